The number of aryl methyl sites for hydroxylation is 2. The van der Waals surface area contributed by atoms with Gasteiger partial charge in [-0.05, 0) is 0 Å². The summed E-state index contributed by atoms with van der Waals surface area (Å²) >= 11 is -1.96. The maximum absolute atomic E-state index is 12.3. The Morgan fingerprint density at radius 1 is 0.619 bits per heavy atom. The van der Waals surface area contributed by atoms with Crippen molar-refractivity contribution < 1.29 is 33.9 Å². The molecule has 2 aromatic carbocycles. The molecule has 0 amide bonds. The summed E-state index contributed by atoms with van der Waals surface area (Å²) in [5.41, 5.74) is 1.85. The van der Waals surface area contributed by atoms with E-state index in [-0.39, 0.29) is 9.79 Å². The molecule has 0 aromatic heterocycles. The molecule has 0 spiro atoms. The van der Waals surface area contributed by atoms with Gasteiger partial charge in [-0.25, -0.2) is 0 Å². The van der Waals surface area contributed by atoms with Crippen LogP contribution in [-0.2, 0) is 31.7 Å². The van der Waals surface area contributed by atoms with Gasteiger partial charge in [-0.1, -0.05) is 0 Å². The van der Waals surface area contributed by atoms with Crippen molar-refractivity contribution in [1.82, 2.24) is 0 Å². The molecule has 0 radical (unpaired) electrons. The summed E-state index contributed by atoms with van der Waals surface area (Å²) in [5, 5.41) is 0. The first-order valence-electron chi connectivity index (χ1n) is 5.96. The molecular weight excluding hydrogens is 493 g/mol. The third-order valence-electron chi connectivity index (χ3n) is 2.70. The van der Waals surface area contributed by atoms with Crippen molar-refractivity contribution in [2.45, 2.75) is 23.6 Å². The Labute approximate surface area is 131 Å². The van der Waals surface area contributed by atoms with Gasteiger partial charge in [0, 0.05) is 0 Å². The predicted molar refractivity (Wildman–Crippen MR) is 76.7 cm³/mol. The Hall–Kier alpha value is -0.920. The van der Waals surface area contributed by atoms with E-state index in [9.17, 15) is 16.8 Å². The third-order valence-corrected chi connectivity index (χ3v) is 17.0. The molecule has 0 saturated carbocycles. The van der Waals surface area contributed by atoms with Gasteiger partial charge >= 0.3 is 132 Å². The topological polar surface area (TPSA) is 68.3 Å². The fraction of sp³-hybridized carbons (Fsp3) is 0.143. The molecule has 117 valence electrons. The van der Waals surface area contributed by atoms with Crippen molar-refractivity contribution in [1.29, 1.82) is 0 Å². The van der Waals surface area contributed by atoms with E-state index in [1.807, 2.05) is 13.8 Å². The fourth-order valence-corrected chi connectivity index (χ4v) is 14.7. The summed E-state index contributed by atoms with van der Waals surface area (Å²) in [6.45, 7) is 3.68. The molecule has 0 fully saturated rings. The molecule has 0 atom stereocenters. The van der Waals surface area contributed by atoms with E-state index >= 15 is 0 Å². The molecule has 0 aliphatic carbocycles. The van der Waals surface area contributed by atoms with Crippen molar-refractivity contribution in [3.63, 3.8) is 0 Å². The Kier molecular flexibility index (Phi) is 4.75. The van der Waals surface area contributed by atoms with Crippen LogP contribution in [0.15, 0.2) is 58.3 Å². The molecule has 0 bridgehead atoms. The maximum atomic E-state index is 12.3. The molecule has 0 unspecified atom stereocenters. The number of rotatable bonds is 4. The van der Waals surface area contributed by atoms with Crippen LogP contribution in [0, 0.1) is 13.8 Å². The molecule has 7 heteroatoms. The molecule has 0 saturated heterocycles. The van der Waals surface area contributed by atoms with Crippen LogP contribution in [0.2, 0.25) is 0 Å². The minimum absolute atomic E-state index is 0.0606. The molecule has 0 aliphatic heterocycles. The zero-order valence-electron chi connectivity index (χ0n) is 11.4. The SMILES string of the molecule is Cc1ccc([S](=O)(=O)[Au][S](=O)(=O)c2ccc(C)cc2)cc1. The Balaban J connectivity index is 2.35. The molecular formula is C14H14AuO4S2. The summed E-state index contributed by atoms with van der Waals surface area (Å²) in [6.07, 6.45) is 0. The van der Waals surface area contributed by atoms with Gasteiger partial charge in [-0.2, -0.15) is 0 Å². The Morgan fingerprint density at radius 3 is 1.19 bits per heavy atom. The molecule has 0 N–H and O–H groups in total. The first-order chi connectivity index (χ1) is 9.71. The minimum atomic E-state index is -3.78. The van der Waals surface area contributed by atoms with Crippen molar-refractivity contribution in [3.8, 4) is 0 Å². The molecule has 21 heavy (non-hydrogen) atoms. The zero-order chi connectivity index (χ0) is 15.7. The molecule has 0 heterocycles. The second kappa shape index (κ2) is 6.06. The summed E-state index contributed by atoms with van der Waals surface area (Å²) in [5.74, 6) is 0. The molecule has 4 nitrogen and oxygen atoms in total. The Morgan fingerprint density at radius 2 is 0.905 bits per heavy atom. The zero-order valence-corrected chi connectivity index (χ0v) is 15.2. The van der Waals surface area contributed by atoms with Gasteiger partial charge < -0.3 is 0 Å². The van der Waals surface area contributed by atoms with E-state index < -0.39 is 31.7 Å². The van der Waals surface area contributed by atoms with Crippen molar-refractivity contribution >= 4 is 14.6 Å². The van der Waals surface area contributed by atoms with Crippen molar-refractivity contribution in [2.75, 3.05) is 0 Å². The second-order valence-electron chi connectivity index (χ2n) is 4.47. The monoisotopic (exact) mass is 507 g/mol. The summed E-state index contributed by atoms with van der Waals surface area (Å²) in [4.78, 5) is 0.121. The van der Waals surface area contributed by atoms with Crippen LogP contribution >= 0.6 is 0 Å². The van der Waals surface area contributed by atoms with Crippen LogP contribution in [0.3, 0.4) is 0 Å². The average molecular weight is 507 g/mol. The second-order valence-corrected chi connectivity index (χ2v) is 17.6. The summed E-state index contributed by atoms with van der Waals surface area (Å²) in [7, 11) is -7.57. The van der Waals surface area contributed by atoms with Gasteiger partial charge in [0.25, 0.3) is 0 Å². The van der Waals surface area contributed by atoms with Crippen molar-refractivity contribution in [3.05, 3.63) is 59.7 Å². The Bertz CT molecular complexity index is 763. The van der Waals surface area contributed by atoms with Gasteiger partial charge in [0.15, 0.2) is 0 Å². The van der Waals surface area contributed by atoms with Crippen LogP contribution in [0.25, 0.3) is 0 Å². The van der Waals surface area contributed by atoms with Crippen LogP contribution in [0.4, 0.5) is 0 Å². The summed E-state index contributed by atoms with van der Waals surface area (Å²) in [6, 6.07) is 12.4. The summed E-state index contributed by atoms with van der Waals surface area (Å²) < 4.78 is 49.1. The fourth-order valence-electron chi connectivity index (χ4n) is 1.53. The quantitative estimate of drug-likeness (QED) is 0.597. The van der Waals surface area contributed by atoms with Crippen LogP contribution in [-0.4, -0.2) is 16.8 Å². The molecule has 2 aromatic rings. The van der Waals surface area contributed by atoms with Gasteiger partial charge in [0.1, 0.15) is 0 Å². The normalized spacial score (nSPS) is 12.5. The van der Waals surface area contributed by atoms with Crippen molar-refractivity contribution in [2.24, 2.45) is 0 Å². The van der Waals surface area contributed by atoms with Gasteiger partial charge in [-0.3, -0.25) is 0 Å². The van der Waals surface area contributed by atoms with E-state index in [0.717, 1.165) is 11.1 Å². The first kappa shape index (κ1) is 16.5. The van der Waals surface area contributed by atoms with Gasteiger partial charge in [0.2, 0.25) is 0 Å². The van der Waals surface area contributed by atoms with Crippen LogP contribution < -0.4 is 0 Å². The standard InChI is InChI=1S/2C7H7O2S.Au/c2*1-6-2-4-7(5-3-6)10(8)9;/h2*2-5H,1H3;. The van der Waals surface area contributed by atoms with E-state index in [2.05, 4.69) is 0 Å². The molecule has 0 aliphatic rings. The van der Waals surface area contributed by atoms with E-state index in [0.29, 0.717) is 0 Å². The third kappa shape index (κ3) is 4.05. The molecule has 2 rings (SSSR count). The number of benzene rings is 2. The van der Waals surface area contributed by atoms with Gasteiger partial charge in [0.05, 0.1) is 0 Å². The van der Waals surface area contributed by atoms with E-state index in [1.165, 1.54) is 24.3 Å². The van der Waals surface area contributed by atoms with Gasteiger partial charge in [-0.15, -0.1) is 0 Å². The van der Waals surface area contributed by atoms with E-state index in [4.69, 9.17) is 0 Å². The predicted octanol–water partition coefficient (Wildman–Crippen LogP) is 2.46. The number of hydrogen-bond acceptors (Lipinski definition) is 4. The average Bonchev–Trinajstić information content (AvgIpc) is 2.38. The van der Waals surface area contributed by atoms with Crippen LogP contribution in [0.5, 0.6) is 0 Å². The van der Waals surface area contributed by atoms with Crippen LogP contribution in [0.1, 0.15) is 11.1 Å². The van der Waals surface area contributed by atoms with E-state index in [1.54, 1.807) is 24.3 Å². The first-order valence-corrected chi connectivity index (χ1v) is 13.9. The number of hydrogen-bond donors (Lipinski definition) is 0.